The van der Waals surface area contributed by atoms with Crippen molar-refractivity contribution in [1.82, 2.24) is 4.98 Å². The molecule has 28 heavy (non-hydrogen) atoms. The van der Waals surface area contributed by atoms with Crippen LogP contribution in [0.1, 0.15) is 46.8 Å². The smallest absolute Gasteiger partial charge is 0.163 e. The number of hydrogen-bond acceptors (Lipinski definition) is 2. The molecule has 0 aliphatic heterocycles. The van der Waals surface area contributed by atoms with Crippen molar-refractivity contribution in [1.29, 1.82) is 0 Å². The van der Waals surface area contributed by atoms with Crippen molar-refractivity contribution in [2.75, 3.05) is 0 Å². The van der Waals surface area contributed by atoms with Gasteiger partial charge in [-0.1, -0.05) is 91.9 Å². The van der Waals surface area contributed by atoms with Gasteiger partial charge in [0.15, 0.2) is 5.78 Å². The Morgan fingerprint density at radius 3 is 2.18 bits per heavy atom. The molecule has 3 aromatic carbocycles. The topological polar surface area (TPSA) is 30.0 Å². The molecule has 0 radical (unpaired) electrons. The van der Waals surface area contributed by atoms with Crippen LogP contribution in [-0.2, 0) is 0 Å². The van der Waals surface area contributed by atoms with Gasteiger partial charge in [-0.3, -0.25) is 9.78 Å². The van der Waals surface area contributed by atoms with Crippen LogP contribution in [0.25, 0.3) is 10.9 Å². The summed E-state index contributed by atoms with van der Waals surface area (Å²) in [5, 5.41) is 1.13. The van der Waals surface area contributed by atoms with Crippen LogP contribution in [0.3, 0.4) is 0 Å². The van der Waals surface area contributed by atoms with Crippen molar-refractivity contribution < 1.29 is 4.79 Å². The maximum atomic E-state index is 13.0. The molecule has 2 heteroatoms. The van der Waals surface area contributed by atoms with Crippen molar-refractivity contribution >= 4 is 16.7 Å². The Bertz CT molecular complexity index is 1070. The first kappa shape index (κ1) is 18.1. The lowest BCUT2D eigenvalue weighted by atomic mass is 9.80. The van der Waals surface area contributed by atoms with Crippen LogP contribution in [0.4, 0.5) is 0 Å². The number of hydrogen-bond donors (Lipinski definition) is 0. The average Bonchev–Trinajstić information content (AvgIpc) is 2.77. The summed E-state index contributed by atoms with van der Waals surface area (Å²) in [5.74, 6) is 0.365. The van der Waals surface area contributed by atoms with Gasteiger partial charge in [-0.15, -0.1) is 0 Å². The third kappa shape index (κ3) is 3.86. The summed E-state index contributed by atoms with van der Waals surface area (Å²) < 4.78 is 0. The highest BCUT2D eigenvalue weighted by Crippen LogP contribution is 2.36. The maximum Gasteiger partial charge on any atom is 0.163 e. The molecule has 4 rings (SSSR count). The predicted molar refractivity (Wildman–Crippen MR) is 115 cm³/mol. The molecule has 0 saturated carbocycles. The summed E-state index contributed by atoms with van der Waals surface area (Å²) in [6.07, 6.45) is 0.462. The van der Waals surface area contributed by atoms with Gasteiger partial charge in [-0.2, -0.15) is 0 Å². The van der Waals surface area contributed by atoms with E-state index in [-0.39, 0.29) is 17.6 Å². The van der Waals surface area contributed by atoms with Crippen LogP contribution in [0.15, 0.2) is 97.1 Å². The van der Waals surface area contributed by atoms with Crippen molar-refractivity contribution in [3.63, 3.8) is 0 Å². The summed E-state index contributed by atoms with van der Waals surface area (Å²) in [6, 6.07) is 32.2. The van der Waals surface area contributed by atoms with Crippen molar-refractivity contribution in [2.45, 2.75) is 25.2 Å². The number of benzene rings is 3. The Hall–Kier alpha value is -3.26. The average molecular weight is 365 g/mol. The minimum atomic E-state index is 0.0718. The quantitative estimate of drug-likeness (QED) is 0.370. The molecule has 0 aliphatic carbocycles. The van der Waals surface area contributed by atoms with E-state index in [1.54, 1.807) is 0 Å². The molecule has 0 N–H and O–H groups in total. The van der Waals surface area contributed by atoms with E-state index in [0.29, 0.717) is 6.42 Å². The molecule has 138 valence electrons. The number of pyridine rings is 1. The Morgan fingerprint density at radius 1 is 0.786 bits per heavy atom. The van der Waals surface area contributed by atoms with E-state index < -0.39 is 0 Å². The van der Waals surface area contributed by atoms with Crippen molar-refractivity contribution in [3.8, 4) is 0 Å². The van der Waals surface area contributed by atoms with Gasteiger partial charge in [0.05, 0.1) is 5.52 Å². The van der Waals surface area contributed by atoms with Gasteiger partial charge in [-0.25, -0.2) is 0 Å². The number of para-hydroxylation sites is 1. The summed E-state index contributed by atoms with van der Waals surface area (Å²) in [5.41, 5.74) is 3.96. The number of nitrogens with zero attached hydrogens (tertiary/aromatic N) is 1. The van der Waals surface area contributed by atoms with E-state index >= 15 is 0 Å². The van der Waals surface area contributed by atoms with Crippen LogP contribution in [-0.4, -0.2) is 10.8 Å². The first-order chi connectivity index (χ1) is 13.7. The van der Waals surface area contributed by atoms with E-state index in [4.69, 9.17) is 4.98 Å². The third-order valence-electron chi connectivity index (χ3n) is 5.42. The molecule has 0 bridgehead atoms. The molecule has 0 amide bonds. The maximum absolute atomic E-state index is 13.0. The highest BCUT2D eigenvalue weighted by molar-refractivity contribution is 5.96. The second-order valence-electron chi connectivity index (χ2n) is 7.23. The molecule has 2 nitrogen and oxygen atoms in total. The second-order valence-corrected chi connectivity index (χ2v) is 7.23. The third-order valence-corrected chi connectivity index (χ3v) is 5.42. The van der Waals surface area contributed by atoms with Crippen LogP contribution in [0.2, 0.25) is 0 Å². The highest BCUT2D eigenvalue weighted by Gasteiger charge is 2.25. The molecule has 0 aliphatic rings. The van der Waals surface area contributed by atoms with E-state index in [1.807, 2.05) is 66.7 Å². The van der Waals surface area contributed by atoms with Crippen LogP contribution in [0.5, 0.6) is 0 Å². The molecule has 4 aromatic rings. The molecule has 0 spiro atoms. The Kier molecular flexibility index (Phi) is 5.29. The zero-order chi connectivity index (χ0) is 19.3. The van der Waals surface area contributed by atoms with E-state index in [9.17, 15) is 4.79 Å². The number of ketones is 1. The zero-order valence-electron chi connectivity index (χ0n) is 16.0. The molecule has 2 atom stereocenters. The molecule has 1 heterocycles. The largest absolute Gasteiger partial charge is 0.294 e. The second kappa shape index (κ2) is 8.18. The normalized spacial score (nSPS) is 13.2. The SMILES string of the molecule is CC(c1ccc2ccccc2n1)C(CC(=O)c1ccccc1)c1ccccc1. The number of carbonyl (C=O) groups excluding carboxylic acids is 1. The summed E-state index contributed by atoms with van der Waals surface area (Å²) >= 11 is 0. The number of Topliss-reactive ketones (excluding diaryl/α,β-unsaturated/α-hetero) is 1. The van der Waals surface area contributed by atoms with E-state index in [1.165, 1.54) is 5.56 Å². The predicted octanol–water partition coefficient (Wildman–Crippen LogP) is 6.40. The number of fused-ring (bicyclic) bond motifs is 1. The minimum absolute atomic E-state index is 0.0718. The Labute approximate surface area is 165 Å². The molecule has 0 fully saturated rings. The van der Waals surface area contributed by atoms with Gasteiger partial charge in [0, 0.05) is 29.0 Å². The molecular weight excluding hydrogens is 342 g/mol. The fourth-order valence-corrected chi connectivity index (χ4v) is 3.77. The number of aromatic nitrogens is 1. The van der Waals surface area contributed by atoms with Gasteiger partial charge < -0.3 is 0 Å². The van der Waals surface area contributed by atoms with Crippen LogP contribution < -0.4 is 0 Å². The van der Waals surface area contributed by atoms with Gasteiger partial charge in [0.1, 0.15) is 0 Å². The van der Waals surface area contributed by atoms with E-state index in [2.05, 4.69) is 37.3 Å². The zero-order valence-corrected chi connectivity index (χ0v) is 16.0. The first-order valence-electron chi connectivity index (χ1n) is 9.71. The molecule has 1 aromatic heterocycles. The lowest BCUT2D eigenvalue weighted by molar-refractivity contribution is 0.0970. The lowest BCUT2D eigenvalue weighted by Gasteiger charge is -2.24. The highest BCUT2D eigenvalue weighted by atomic mass is 16.1. The van der Waals surface area contributed by atoms with Crippen molar-refractivity contribution in [2.24, 2.45) is 0 Å². The Balaban J connectivity index is 1.68. The molecular formula is C26H23NO. The monoisotopic (exact) mass is 365 g/mol. The van der Waals surface area contributed by atoms with Gasteiger partial charge in [-0.05, 0) is 23.6 Å². The fourth-order valence-electron chi connectivity index (χ4n) is 3.77. The fraction of sp³-hybridized carbons (Fsp3) is 0.154. The van der Waals surface area contributed by atoms with Gasteiger partial charge in [0.2, 0.25) is 0 Å². The summed E-state index contributed by atoms with van der Waals surface area (Å²) in [4.78, 5) is 17.8. The molecule has 2 unspecified atom stereocenters. The van der Waals surface area contributed by atoms with Gasteiger partial charge in [0.25, 0.3) is 0 Å². The summed E-state index contributed by atoms with van der Waals surface area (Å²) in [7, 11) is 0. The van der Waals surface area contributed by atoms with Crippen molar-refractivity contribution in [3.05, 3.63) is 114 Å². The van der Waals surface area contributed by atoms with Crippen LogP contribution >= 0.6 is 0 Å². The van der Waals surface area contributed by atoms with Crippen LogP contribution in [0, 0.1) is 0 Å². The lowest BCUT2D eigenvalue weighted by Crippen LogP contribution is -2.15. The Morgan fingerprint density at radius 2 is 1.43 bits per heavy atom. The number of rotatable bonds is 6. The first-order valence-corrected chi connectivity index (χ1v) is 9.71. The summed E-state index contributed by atoms with van der Waals surface area (Å²) in [6.45, 7) is 2.17. The van der Waals surface area contributed by atoms with E-state index in [0.717, 1.165) is 22.2 Å². The number of carbonyl (C=O) groups is 1. The van der Waals surface area contributed by atoms with Gasteiger partial charge >= 0.3 is 0 Å². The minimum Gasteiger partial charge on any atom is -0.294 e. The standard InChI is InChI=1S/C26H23NO/c1-19(24-17-16-21-12-8-9-15-25(21)27-24)23(20-10-4-2-5-11-20)18-26(28)22-13-6-3-7-14-22/h2-17,19,23H,18H2,1H3. The molecule has 0 saturated heterocycles.